The molecule has 0 saturated heterocycles. The van der Waals surface area contributed by atoms with Gasteiger partial charge in [0.2, 0.25) is 0 Å². The molecule has 0 aliphatic carbocycles. The molecule has 0 bridgehead atoms. The average Bonchev–Trinajstić information content (AvgIpc) is 3.17. The molecule has 33 heavy (non-hydrogen) atoms. The largest absolute Gasteiger partial charge is 0.493 e. The average molecular weight is 479 g/mol. The lowest BCUT2D eigenvalue weighted by molar-refractivity contribution is 0.0739. The number of nitrogens with one attached hydrogen (secondary N) is 1. The van der Waals surface area contributed by atoms with E-state index in [4.69, 9.17) is 21.1 Å². The molecule has 0 atom stereocenters. The van der Waals surface area contributed by atoms with Crippen molar-refractivity contribution in [3.05, 3.63) is 93.8 Å². The highest BCUT2D eigenvalue weighted by molar-refractivity contribution is 7.21. The van der Waals surface area contributed by atoms with Crippen molar-refractivity contribution in [2.45, 2.75) is 6.92 Å². The van der Waals surface area contributed by atoms with Crippen molar-refractivity contribution in [2.24, 2.45) is 5.10 Å². The van der Waals surface area contributed by atoms with Crippen LogP contribution in [0.15, 0.2) is 77.9 Å². The van der Waals surface area contributed by atoms with Gasteiger partial charge in [0.15, 0.2) is 0 Å². The fourth-order valence-corrected chi connectivity index (χ4v) is 4.50. The lowest BCUT2D eigenvalue weighted by Crippen LogP contribution is -2.18. The number of hydrogen-bond donors (Lipinski definition) is 1. The summed E-state index contributed by atoms with van der Waals surface area (Å²) in [5.41, 5.74) is 3.51. The van der Waals surface area contributed by atoms with Gasteiger partial charge in [-0.25, -0.2) is 10.2 Å². The highest BCUT2D eigenvalue weighted by Gasteiger charge is 2.19. The minimum absolute atomic E-state index is 0.338. The van der Waals surface area contributed by atoms with Crippen molar-refractivity contribution in [1.29, 1.82) is 0 Å². The Labute approximate surface area is 199 Å². The van der Waals surface area contributed by atoms with Gasteiger partial charge in [-0.15, -0.1) is 11.3 Å². The van der Waals surface area contributed by atoms with E-state index in [1.807, 2.05) is 31.2 Å². The molecule has 0 fully saturated rings. The summed E-state index contributed by atoms with van der Waals surface area (Å²) in [7, 11) is 0. The fourth-order valence-electron chi connectivity index (χ4n) is 3.12. The Morgan fingerprint density at radius 1 is 1.06 bits per heavy atom. The first-order valence-electron chi connectivity index (χ1n) is 10.1. The predicted molar refractivity (Wildman–Crippen MR) is 131 cm³/mol. The molecule has 1 heterocycles. The summed E-state index contributed by atoms with van der Waals surface area (Å²) in [4.78, 5) is 25.4. The fraction of sp³-hybridized carbons (Fsp3) is 0.0800. The summed E-state index contributed by atoms with van der Waals surface area (Å²) in [6.45, 7) is 2.30. The van der Waals surface area contributed by atoms with Gasteiger partial charge in [0, 0.05) is 10.1 Å². The third-order valence-corrected chi connectivity index (χ3v) is 6.26. The number of rotatable bonds is 7. The minimum atomic E-state index is -0.531. The van der Waals surface area contributed by atoms with Crippen LogP contribution in [0.3, 0.4) is 0 Å². The summed E-state index contributed by atoms with van der Waals surface area (Å²) < 4.78 is 11.9. The molecule has 1 aromatic heterocycles. The number of para-hydroxylation sites is 1. The number of thiophene rings is 1. The van der Waals surface area contributed by atoms with Gasteiger partial charge in [-0.3, -0.25) is 4.79 Å². The number of nitrogens with zero attached hydrogens (tertiary/aromatic N) is 1. The van der Waals surface area contributed by atoms with Gasteiger partial charge in [0.05, 0.1) is 23.4 Å². The Balaban J connectivity index is 1.43. The van der Waals surface area contributed by atoms with Crippen LogP contribution in [0.1, 0.15) is 32.5 Å². The van der Waals surface area contributed by atoms with Crippen molar-refractivity contribution < 1.29 is 19.1 Å². The second-order valence-electron chi connectivity index (χ2n) is 6.83. The number of fused-ring (bicyclic) bond motifs is 1. The topological polar surface area (TPSA) is 77.0 Å². The summed E-state index contributed by atoms with van der Waals surface area (Å²) in [5.74, 6) is -0.0968. The smallest absolute Gasteiger partial charge is 0.355 e. The van der Waals surface area contributed by atoms with E-state index in [9.17, 15) is 9.59 Å². The Kier molecular flexibility index (Phi) is 7.02. The van der Waals surface area contributed by atoms with Crippen molar-refractivity contribution >= 4 is 51.1 Å². The van der Waals surface area contributed by atoms with Gasteiger partial charge >= 0.3 is 5.97 Å². The molecule has 8 heteroatoms. The van der Waals surface area contributed by atoms with Crippen LogP contribution in [0.2, 0.25) is 5.02 Å². The van der Waals surface area contributed by atoms with Gasteiger partial charge in [0.25, 0.3) is 5.91 Å². The van der Waals surface area contributed by atoms with Crippen LogP contribution in [0.5, 0.6) is 11.5 Å². The number of amides is 1. The number of esters is 1. The number of carbonyl (C=O) groups excluding carboxylic acids is 2. The Morgan fingerprint density at radius 3 is 2.67 bits per heavy atom. The summed E-state index contributed by atoms with van der Waals surface area (Å²) >= 11 is 7.65. The number of benzene rings is 3. The standard InChI is InChI=1S/C25H19ClN2O4S/c1-2-31-20-12-5-3-10-18(20)24(29)28-27-15-16-8-7-9-17(14-16)32-25(30)23-22(26)19-11-4-6-13-21(19)33-23/h3-15H,2H2,1H3,(H,28,29)/b27-15+. The molecule has 0 aliphatic rings. The molecule has 0 unspecified atom stereocenters. The minimum Gasteiger partial charge on any atom is -0.493 e. The van der Waals surface area contributed by atoms with E-state index in [1.54, 1.807) is 48.5 Å². The number of hydrazone groups is 1. The lowest BCUT2D eigenvalue weighted by atomic mass is 10.2. The van der Waals surface area contributed by atoms with Crippen LogP contribution in [0, 0.1) is 0 Å². The van der Waals surface area contributed by atoms with Gasteiger partial charge < -0.3 is 9.47 Å². The van der Waals surface area contributed by atoms with E-state index < -0.39 is 11.9 Å². The van der Waals surface area contributed by atoms with Crippen LogP contribution in [0.25, 0.3) is 10.1 Å². The van der Waals surface area contributed by atoms with Crippen molar-refractivity contribution in [2.75, 3.05) is 6.61 Å². The number of hydrogen-bond acceptors (Lipinski definition) is 6. The Morgan fingerprint density at radius 2 is 1.85 bits per heavy atom. The van der Waals surface area contributed by atoms with Gasteiger partial charge in [0.1, 0.15) is 16.4 Å². The van der Waals surface area contributed by atoms with E-state index in [0.717, 1.165) is 10.1 Å². The number of halogens is 1. The molecule has 1 amide bonds. The van der Waals surface area contributed by atoms with Crippen LogP contribution in [0.4, 0.5) is 0 Å². The van der Waals surface area contributed by atoms with E-state index in [1.165, 1.54) is 17.6 Å². The SMILES string of the molecule is CCOc1ccccc1C(=O)N/N=C/c1cccc(OC(=O)c2sc3ccccc3c2Cl)c1. The molecular weight excluding hydrogens is 460 g/mol. The molecule has 0 radical (unpaired) electrons. The molecule has 1 N–H and O–H groups in total. The van der Waals surface area contributed by atoms with E-state index in [0.29, 0.717) is 39.1 Å². The normalized spacial score (nSPS) is 11.0. The molecule has 0 spiro atoms. The molecule has 4 aromatic rings. The van der Waals surface area contributed by atoms with Crippen molar-refractivity contribution in [3.8, 4) is 11.5 Å². The first-order chi connectivity index (χ1) is 16.1. The molecule has 4 rings (SSSR count). The summed E-state index contributed by atoms with van der Waals surface area (Å²) in [6, 6.07) is 21.3. The highest BCUT2D eigenvalue weighted by Crippen LogP contribution is 2.35. The Hall–Kier alpha value is -3.68. The summed E-state index contributed by atoms with van der Waals surface area (Å²) in [5, 5.41) is 5.20. The predicted octanol–water partition coefficient (Wildman–Crippen LogP) is 5.94. The zero-order valence-corrected chi connectivity index (χ0v) is 19.2. The maximum Gasteiger partial charge on any atom is 0.355 e. The zero-order valence-electron chi connectivity index (χ0n) is 17.6. The molecule has 0 aliphatic heterocycles. The second-order valence-corrected chi connectivity index (χ2v) is 8.26. The lowest BCUT2D eigenvalue weighted by Gasteiger charge is -2.08. The molecule has 166 valence electrons. The van der Waals surface area contributed by atoms with Crippen molar-refractivity contribution in [1.82, 2.24) is 5.43 Å². The molecular formula is C25H19ClN2O4S. The van der Waals surface area contributed by atoms with Gasteiger partial charge in [-0.1, -0.05) is 54.1 Å². The third kappa shape index (κ3) is 5.22. The first kappa shape index (κ1) is 22.5. The quantitative estimate of drug-likeness (QED) is 0.154. The van der Waals surface area contributed by atoms with Crippen LogP contribution in [-0.2, 0) is 0 Å². The van der Waals surface area contributed by atoms with E-state index in [2.05, 4.69) is 10.5 Å². The zero-order chi connectivity index (χ0) is 23.2. The Bertz CT molecular complexity index is 1350. The molecule has 6 nitrogen and oxygen atoms in total. The first-order valence-corrected chi connectivity index (χ1v) is 11.3. The maximum atomic E-state index is 12.7. The van der Waals surface area contributed by atoms with Gasteiger partial charge in [-0.05, 0) is 42.8 Å². The molecule has 0 saturated carbocycles. The third-order valence-electron chi connectivity index (χ3n) is 4.60. The van der Waals surface area contributed by atoms with Gasteiger partial charge in [-0.2, -0.15) is 5.10 Å². The van der Waals surface area contributed by atoms with E-state index >= 15 is 0 Å². The summed E-state index contributed by atoms with van der Waals surface area (Å²) in [6.07, 6.45) is 1.46. The second kappa shape index (κ2) is 10.3. The maximum absolute atomic E-state index is 12.7. The highest BCUT2D eigenvalue weighted by atomic mass is 35.5. The van der Waals surface area contributed by atoms with Crippen molar-refractivity contribution in [3.63, 3.8) is 0 Å². The van der Waals surface area contributed by atoms with Crippen LogP contribution >= 0.6 is 22.9 Å². The molecule has 3 aromatic carbocycles. The van der Waals surface area contributed by atoms with E-state index in [-0.39, 0.29) is 0 Å². The van der Waals surface area contributed by atoms with Crippen LogP contribution < -0.4 is 14.9 Å². The monoisotopic (exact) mass is 478 g/mol. The number of ether oxygens (including phenoxy) is 2. The van der Waals surface area contributed by atoms with Crippen LogP contribution in [-0.4, -0.2) is 24.7 Å². The number of carbonyl (C=O) groups is 2.